The number of carbonyl (C=O) groups is 2. The molecule has 2 aromatic carbocycles. The lowest BCUT2D eigenvalue weighted by molar-refractivity contribution is -0.118. The van der Waals surface area contributed by atoms with Crippen LogP contribution >= 0.6 is 11.3 Å². The van der Waals surface area contributed by atoms with Crippen LogP contribution in [-0.4, -0.2) is 26.0 Å². The van der Waals surface area contributed by atoms with Gasteiger partial charge in [-0.25, -0.2) is 0 Å². The van der Waals surface area contributed by atoms with Gasteiger partial charge in [-0.2, -0.15) is 0 Å². The number of thiophene rings is 1. The maximum atomic E-state index is 13.3. The Morgan fingerprint density at radius 3 is 2.45 bits per heavy atom. The first-order valence-corrected chi connectivity index (χ1v) is 11.5. The second-order valence-electron chi connectivity index (χ2n) is 7.45. The van der Waals surface area contributed by atoms with Crippen LogP contribution < -0.4 is 20.1 Å². The van der Waals surface area contributed by atoms with E-state index in [0.717, 1.165) is 16.0 Å². The lowest BCUT2D eigenvalue weighted by atomic mass is 10.0. The van der Waals surface area contributed by atoms with E-state index in [2.05, 4.69) is 10.6 Å². The number of ether oxygens (including phenoxy) is 2. The van der Waals surface area contributed by atoms with Crippen LogP contribution in [0.25, 0.3) is 6.08 Å². The Kier molecular flexibility index (Phi) is 8.27. The summed E-state index contributed by atoms with van der Waals surface area (Å²) in [4.78, 5) is 27.0. The Morgan fingerprint density at radius 2 is 1.82 bits per heavy atom. The van der Waals surface area contributed by atoms with Crippen LogP contribution in [0.2, 0.25) is 0 Å². The quantitative estimate of drug-likeness (QED) is 0.432. The molecule has 33 heavy (non-hydrogen) atoms. The number of rotatable bonds is 9. The van der Waals surface area contributed by atoms with E-state index in [1.54, 1.807) is 32.4 Å². The average molecular weight is 465 g/mol. The predicted octanol–water partition coefficient (Wildman–Crippen LogP) is 5.11. The fourth-order valence-electron chi connectivity index (χ4n) is 3.38. The maximum absolute atomic E-state index is 13.3. The van der Waals surface area contributed by atoms with Crippen molar-refractivity contribution in [3.05, 3.63) is 87.2 Å². The number of aryl methyl sites for hydroxylation is 1. The van der Waals surface area contributed by atoms with E-state index >= 15 is 0 Å². The number of carbonyl (C=O) groups excluding carboxylic acids is 2. The van der Waals surface area contributed by atoms with Crippen molar-refractivity contribution >= 4 is 29.2 Å². The normalized spacial score (nSPS) is 12.1. The van der Waals surface area contributed by atoms with Gasteiger partial charge in [0.25, 0.3) is 11.8 Å². The van der Waals surface area contributed by atoms with Crippen molar-refractivity contribution in [3.8, 4) is 11.5 Å². The number of hydrogen-bond donors (Lipinski definition) is 2. The van der Waals surface area contributed by atoms with Crippen molar-refractivity contribution in [2.75, 3.05) is 14.2 Å². The largest absolute Gasteiger partial charge is 0.493 e. The minimum atomic E-state index is -0.369. The van der Waals surface area contributed by atoms with Gasteiger partial charge in [-0.15, -0.1) is 11.3 Å². The number of methoxy groups -OCH3 is 2. The lowest BCUT2D eigenvalue weighted by Crippen LogP contribution is -2.36. The maximum Gasteiger partial charge on any atom is 0.268 e. The first-order valence-electron chi connectivity index (χ1n) is 10.6. The van der Waals surface area contributed by atoms with Crippen molar-refractivity contribution < 1.29 is 19.1 Å². The SMILES string of the molecule is CCC(NC(=O)/C(=C/c1cccs1)NC(=O)c1cccc(C)c1)c1ccc(OC)c(OC)c1. The molecular weight excluding hydrogens is 436 g/mol. The third-order valence-corrected chi connectivity index (χ3v) is 5.95. The Labute approximate surface area is 198 Å². The molecule has 0 bridgehead atoms. The molecule has 1 aromatic heterocycles. The summed E-state index contributed by atoms with van der Waals surface area (Å²) in [5.74, 6) is 0.498. The molecule has 3 aromatic rings. The molecule has 0 aliphatic heterocycles. The first kappa shape index (κ1) is 24.1. The van der Waals surface area contributed by atoms with Crippen LogP contribution in [-0.2, 0) is 4.79 Å². The zero-order chi connectivity index (χ0) is 23.8. The summed E-state index contributed by atoms with van der Waals surface area (Å²) >= 11 is 1.49. The highest BCUT2D eigenvalue weighted by atomic mass is 32.1. The molecule has 1 unspecified atom stereocenters. The average Bonchev–Trinajstić information content (AvgIpc) is 3.34. The number of amides is 2. The van der Waals surface area contributed by atoms with E-state index < -0.39 is 0 Å². The zero-order valence-corrected chi connectivity index (χ0v) is 20.0. The summed E-state index contributed by atoms with van der Waals surface area (Å²) in [5.41, 5.74) is 2.52. The Balaban J connectivity index is 1.85. The van der Waals surface area contributed by atoms with Crippen LogP contribution in [0.15, 0.2) is 65.7 Å². The molecule has 2 N–H and O–H groups in total. The van der Waals surface area contributed by atoms with Gasteiger partial charge >= 0.3 is 0 Å². The summed E-state index contributed by atoms with van der Waals surface area (Å²) in [7, 11) is 3.15. The molecule has 6 nitrogen and oxygen atoms in total. The van der Waals surface area contributed by atoms with Crippen molar-refractivity contribution in [2.24, 2.45) is 0 Å². The number of nitrogens with one attached hydrogen (secondary N) is 2. The van der Waals surface area contributed by atoms with Gasteiger partial charge in [-0.1, -0.05) is 36.8 Å². The van der Waals surface area contributed by atoms with Crippen molar-refractivity contribution in [3.63, 3.8) is 0 Å². The van der Waals surface area contributed by atoms with Crippen LogP contribution in [0.1, 0.15) is 45.7 Å². The second kappa shape index (κ2) is 11.3. The van der Waals surface area contributed by atoms with Crippen molar-refractivity contribution in [1.29, 1.82) is 0 Å². The molecule has 0 fully saturated rings. The number of benzene rings is 2. The molecule has 0 saturated carbocycles. The third kappa shape index (κ3) is 6.23. The molecule has 172 valence electrons. The lowest BCUT2D eigenvalue weighted by Gasteiger charge is -2.20. The minimum absolute atomic E-state index is 0.183. The molecule has 0 spiro atoms. The van der Waals surface area contributed by atoms with Gasteiger partial charge in [0.15, 0.2) is 11.5 Å². The van der Waals surface area contributed by atoms with Gasteiger partial charge < -0.3 is 20.1 Å². The predicted molar refractivity (Wildman–Crippen MR) is 132 cm³/mol. The topological polar surface area (TPSA) is 76.7 Å². The van der Waals surface area contributed by atoms with E-state index in [1.165, 1.54) is 11.3 Å². The summed E-state index contributed by atoms with van der Waals surface area (Å²) < 4.78 is 10.7. The summed E-state index contributed by atoms with van der Waals surface area (Å²) in [6.45, 7) is 3.90. The van der Waals surface area contributed by atoms with E-state index in [1.807, 2.05) is 61.7 Å². The Hall–Kier alpha value is -3.58. The molecule has 0 radical (unpaired) electrons. The Bertz CT molecular complexity index is 1140. The molecule has 7 heteroatoms. The van der Waals surface area contributed by atoms with Gasteiger partial charge in [0.2, 0.25) is 0 Å². The van der Waals surface area contributed by atoms with E-state index in [-0.39, 0.29) is 23.6 Å². The molecule has 0 aliphatic rings. The van der Waals surface area contributed by atoms with Gasteiger partial charge in [0, 0.05) is 10.4 Å². The molecule has 0 aliphatic carbocycles. The zero-order valence-electron chi connectivity index (χ0n) is 19.2. The second-order valence-corrected chi connectivity index (χ2v) is 8.43. The fraction of sp³-hybridized carbons (Fsp3) is 0.231. The van der Waals surface area contributed by atoms with Gasteiger partial charge in [0.05, 0.1) is 20.3 Å². The fourth-order valence-corrected chi connectivity index (χ4v) is 4.04. The molecule has 2 amide bonds. The molecule has 0 saturated heterocycles. The highest BCUT2D eigenvalue weighted by molar-refractivity contribution is 7.10. The van der Waals surface area contributed by atoms with Crippen molar-refractivity contribution in [1.82, 2.24) is 10.6 Å². The summed E-state index contributed by atoms with van der Waals surface area (Å²) in [6, 6.07) is 16.3. The van der Waals surface area contributed by atoms with E-state index in [0.29, 0.717) is 23.5 Å². The third-order valence-electron chi connectivity index (χ3n) is 5.13. The highest BCUT2D eigenvalue weighted by Gasteiger charge is 2.20. The Morgan fingerprint density at radius 1 is 1.03 bits per heavy atom. The molecule has 3 rings (SSSR count). The van der Waals surface area contributed by atoms with Crippen molar-refractivity contribution in [2.45, 2.75) is 26.3 Å². The van der Waals surface area contributed by atoms with E-state index in [9.17, 15) is 9.59 Å². The van der Waals surface area contributed by atoms with E-state index in [4.69, 9.17) is 9.47 Å². The van der Waals surface area contributed by atoms with Gasteiger partial charge in [0.1, 0.15) is 5.70 Å². The van der Waals surface area contributed by atoms with Crippen LogP contribution in [0.5, 0.6) is 11.5 Å². The monoisotopic (exact) mass is 464 g/mol. The van der Waals surface area contributed by atoms with Gasteiger partial charge in [-0.05, 0) is 60.7 Å². The first-order chi connectivity index (χ1) is 15.9. The molecule has 1 atom stereocenters. The molecule has 1 heterocycles. The minimum Gasteiger partial charge on any atom is -0.493 e. The smallest absolute Gasteiger partial charge is 0.268 e. The summed E-state index contributed by atoms with van der Waals surface area (Å²) in [6.07, 6.45) is 2.34. The van der Waals surface area contributed by atoms with Crippen LogP contribution in [0, 0.1) is 6.92 Å². The van der Waals surface area contributed by atoms with Crippen LogP contribution in [0.4, 0.5) is 0 Å². The molecular formula is C26H28N2O4S. The van der Waals surface area contributed by atoms with Gasteiger partial charge in [-0.3, -0.25) is 9.59 Å². The highest BCUT2D eigenvalue weighted by Crippen LogP contribution is 2.31. The van der Waals surface area contributed by atoms with Crippen LogP contribution in [0.3, 0.4) is 0 Å². The number of hydrogen-bond acceptors (Lipinski definition) is 5. The summed E-state index contributed by atoms with van der Waals surface area (Å²) in [5, 5.41) is 7.75. The standard InChI is InChI=1S/C26H28N2O4S/c1-5-21(18-11-12-23(31-3)24(15-18)32-4)27-26(30)22(16-20-10-7-13-33-20)28-25(29)19-9-6-8-17(2)14-19/h6-16,21H,5H2,1-4H3,(H,27,30)(H,28,29)/b22-16-.